The van der Waals surface area contributed by atoms with Crippen molar-refractivity contribution in [3.63, 3.8) is 0 Å². The third-order valence-electron chi connectivity index (χ3n) is 3.64. The van der Waals surface area contributed by atoms with Gasteiger partial charge in [0.15, 0.2) is 5.96 Å². The zero-order valence-electron chi connectivity index (χ0n) is 13.1. The summed E-state index contributed by atoms with van der Waals surface area (Å²) in [5.41, 5.74) is 9.08. The van der Waals surface area contributed by atoms with Crippen LogP contribution in [0.2, 0.25) is 0 Å². The van der Waals surface area contributed by atoms with Crippen molar-refractivity contribution in [3.05, 3.63) is 47.5 Å². The van der Waals surface area contributed by atoms with Crippen LogP contribution in [0.15, 0.2) is 41.4 Å². The molecule has 0 aromatic heterocycles. The van der Waals surface area contributed by atoms with Crippen molar-refractivity contribution in [2.45, 2.75) is 32.9 Å². The molecule has 3 N–H and O–H groups in total. The molecule has 1 saturated heterocycles. The van der Waals surface area contributed by atoms with Crippen molar-refractivity contribution in [2.75, 3.05) is 13.1 Å². The van der Waals surface area contributed by atoms with E-state index in [2.05, 4.69) is 16.9 Å². The predicted octanol–water partition coefficient (Wildman–Crippen LogP) is 1.79. The molecule has 0 spiro atoms. The number of aliphatic imine (C=N–C) groups is 1. The molecule has 5 nitrogen and oxygen atoms in total. The van der Waals surface area contributed by atoms with Crippen LogP contribution in [0.3, 0.4) is 0 Å². The number of hydrogen-bond acceptors (Lipinski definition) is 2. The number of amides is 1. The fraction of sp³-hybridized carbons (Fsp3) is 0.412. The van der Waals surface area contributed by atoms with Crippen LogP contribution in [0.5, 0.6) is 0 Å². The number of rotatable bonds is 6. The fourth-order valence-electron chi connectivity index (χ4n) is 2.41. The van der Waals surface area contributed by atoms with Gasteiger partial charge in [-0.05, 0) is 24.5 Å². The second-order valence-corrected chi connectivity index (χ2v) is 5.70. The quantitative estimate of drug-likeness (QED) is 0.478. The summed E-state index contributed by atoms with van der Waals surface area (Å²) in [6.07, 6.45) is 1.62. The molecule has 1 aliphatic rings. The Morgan fingerprint density at radius 3 is 2.77 bits per heavy atom. The largest absolute Gasteiger partial charge is 0.370 e. The van der Waals surface area contributed by atoms with E-state index < -0.39 is 0 Å². The van der Waals surface area contributed by atoms with Gasteiger partial charge in [-0.1, -0.05) is 36.4 Å². The van der Waals surface area contributed by atoms with Crippen LogP contribution in [0.4, 0.5) is 0 Å². The highest BCUT2D eigenvalue weighted by Gasteiger charge is 2.20. The average Bonchev–Trinajstić information content (AvgIpc) is 2.89. The van der Waals surface area contributed by atoms with Crippen molar-refractivity contribution < 1.29 is 4.79 Å². The summed E-state index contributed by atoms with van der Waals surface area (Å²) in [6, 6.07) is 8.06. The minimum absolute atomic E-state index is 0.237. The first-order chi connectivity index (χ1) is 10.6. The van der Waals surface area contributed by atoms with Gasteiger partial charge in [0.2, 0.25) is 5.91 Å². The topological polar surface area (TPSA) is 70.7 Å². The van der Waals surface area contributed by atoms with E-state index >= 15 is 0 Å². The molecule has 1 aromatic rings. The van der Waals surface area contributed by atoms with Gasteiger partial charge in [-0.25, -0.2) is 4.99 Å². The highest BCUT2D eigenvalue weighted by Crippen LogP contribution is 2.17. The van der Waals surface area contributed by atoms with Crippen LogP contribution in [0.25, 0.3) is 0 Å². The highest BCUT2D eigenvalue weighted by atomic mass is 16.2. The van der Waals surface area contributed by atoms with Crippen molar-refractivity contribution in [2.24, 2.45) is 10.7 Å². The number of likely N-dealkylation sites (tertiary alicyclic amines) is 1. The number of carbonyl (C=O) groups is 1. The van der Waals surface area contributed by atoms with Gasteiger partial charge in [0.25, 0.3) is 0 Å². The van der Waals surface area contributed by atoms with Crippen LogP contribution in [-0.2, 0) is 17.9 Å². The predicted molar refractivity (Wildman–Crippen MR) is 89.2 cm³/mol. The molecule has 22 heavy (non-hydrogen) atoms. The van der Waals surface area contributed by atoms with Gasteiger partial charge >= 0.3 is 0 Å². The summed E-state index contributed by atoms with van der Waals surface area (Å²) in [4.78, 5) is 18.0. The molecular formula is C17H24N4O. The van der Waals surface area contributed by atoms with E-state index in [1.54, 1.807) is 0 Å². The lowest BCUT2D eigenvalue weighted by atomic mass is 10.1. The zero-order valence-corrected chi connectivity index (χ0v) is 13.1. The van der Waals surface area contributed by atoms with E-state index in [-0.39, 0.29) is 5.91 Å². The Kier molecular flexibility index (Phi) is 5.58. The second kappa shape index (κ2) is 7.64. The number of guanidine groups is 1. The normalized spacial score (nSPS) is 15.2. The number of nitrogens with one attached hydrogen (secondary N) is 1. The molecule has 1 heterocycles. The minimum atomic E-state index is 0.237. The van der Waals surface area contributed by atoms with Gasteiger partial charge in [-0.2, -0.15) is 0 Å². The van der Waals surface area contributed by atoms with E-state index in [4.69, 9.17) is 5.73 Å². The maximum atomic E-state index is 11.8. The molecule has 5 heteroatoms. The van der Waals surface area contributed by atoms with Gasteiger partial charge in [-0.3, -0.25) is 4.79 Å². The van der Waals surface area contributed by atoms with Crippen LogP contribution < -0.4 is 11.1 Å². The van der Waals surface area contributed by atoms with Gasteiger partial charge in [0.1, 0.15) is 0 Å². The van der Waals surface area contributed by atoms with E-state index in [0.29, 0.717) is 32.0 Å². The summed E-state index contributed by atoms with van der Waals surface area (Å²) < 4.78 is 0. The Labute approximate surface area is 131 Å². The van der Waals surface area contributed by atoms with Crippen LogP contribution >= 0.6 is 0 Å². The SMILES string of the molecule is C=C(C)CNC(N)=NCc1ccccc1CN1CCCC1=O. The third kappa shape index (κ3) is 4.62. The first-order valence-corrected chi connectivity index (χ1v) is 7.59. The van der Waals surface area contributed by atoms with Gasteiger partial charge < -0.3 is 16.0 Å². The lowest BCUT2D eigenvalue weighted by Gasteiger charge is -2.17. The van der Waals surface area contributed by atoms with E-state index in [1.807, 2.05) is 36.1 Å². The minimum Gasteiger partial charge on any atom is -0.370 e. The Morgan fingerprint density at radius 1 is 1.41 bits per heavy atom. The van der Waals surface area contributed by atoms with Crippen molar-refractivity contribution in [3.8, 4) is 0 Å². The van der Waals surface area contributed by atoms with E-state index in [0.717, 1.165) is 29.7 Å². The first-order valence-electron chi connectivity index (χ1n) is 7.59. The molecule has 1 aromatic carbocycles. The Bertz CT molecular complexity index is 580. The fourth-order valence-corrected chi connectivity index (χ4v) is 2.41. The van der Waals surface area contributed by atoms with Gasteiger partial charge in [0, 0.05) is 26.1 Å². The first kappa shape index (κ1) is 16.1. The number of nitrogens with two attached hydrogens (primary N) is 1. The summed E-state index contributed by atoms with van der Waals surface area (Å²) in [5.74, 6) is 0.649. The summed E-state index contributed by atoms with van der Waals surface area (Å²) >= 11 is 0. The molecule has 1 aliphatic heterocycles. The lowest BCUT2D eigenvalue weighted by molar-refractivity contribution is -0.128. The third-order valence-corrected chi connectivity index (χ3v) is 3.64. The molecule has 0 unspecified atom stereocenters. The molecule has 0 atom stereocenters. The van der Waals surface area contributed by atoms with Crippen molar-refractivity contribution >= 4 is 11.9 Å². The molecular weight excluding hydrogens is 276 g/mol. The van der Waals surface area contributed by atoms with Gasteiger partial charge in [-0.15, -0.1) is 0 Å². The van der Waals surface area contributed by atoms with Crippen LogP contribution in [0, 0.1) is 0 Å². The molecule has 0 radical (unpaired) electrons. The van der Waals surface area contributed by atoms with Crippen molar-refractivity contribution in [1.82, 2.24) is 10.2 Å². The Balaban J connectivity index is 2.00. The summed E-state index contributed by atoms with van der Waals surface area (Å²) in [7, 11) is 0. The van der Waals surface area contributed by atoms with E-state index in [1.165, 1.54) is 0 Å². The van der Waals surface area contributed by atoms with Crippen LogP contribution in [-0.4, -0.2) is 29.9 Å². The van der Waals surface area contributed by atoms with Gasteiger partial charge in [0.05, 0.1) is 6.54 Å². The second-order valence-electron chi connectivity index (χ2n) is 5.70. The monoisotopic (exact) mass is 300 g/mol. The number of hydrogen-bond donors (Lipinski definition) is 2. The number of carbonyl (C=O) groups excluding carboxylic acids is 1. The zero-order chi connectivity index (χ0) is 15.9. The molecule has 0 bridgehead atoms. The molecule has 2 rings (SSSR count). The number of benzene rings is 1. The lowest BCUT2D eigenvalue weighted by Crippen LogP contribution is -2.32. The smallest absolute Gasteiger partial charge is 0.222 e. The average molecular weight is 300 g/mol. The highest BCUT2D eigenvalue weighted by molar-refractivity contribution is 5.78. The molecule has 0 saturated carbocycles. The van der Waals surface area contributed by atoms with Crippen molar-refractivity contribution in [1.29, 1.82) is 0 Å². The number of nitrogens with zero attached hydrogens (tertiary/aromatic N) is 2. The van der Waals surface area contributed by atoms with Crippen LogP contribution in [0.1, 0.15) is 30.9 Å². The molecule has 118 valence electrons. The Hall–Kier alpha value is -2.30. The maximum Gasteiger partial charge on any atom is 0.222 e. The molecule has 1 amide bonds. The molecule has 1 fully saturated rings. The maximum absolute atomic E-state index is 11.8. The summed E-state index contributed by atoms with van der Waals surface area (Å²) in [5, 5.41) is 3.02. The summed E-state index contributed by atoms with van der Waals surface area (Å²) in [6.45, 7) is 8.38. The molecule has 0 aliphatic carbocycles. The Morgan fingerprint density at radius 2 is 2.14 bits per heavy atom. The van der Waals surface area contributed by atoms with E-state index in [9.17, 15) is 4.79 Å². The standard InChI is InChI=1S/C17H24N4O/c1-13(2)10-19-17(18)20-11-14-6-3-4-7-15(14)12-21-9-5-8-16(21)22/h3-4,6-7H,1,5,8-12H2,2H3,(H3,18,19,20).